The molecule has 0 bridgehead atoms. The van der Waals surface area contributed by atoms with Crippen molar-refractivity contribution in [1.29, 1.82) is 0 Å². The number of piperidine rings is 1. The van der Waals surface area contributed by atoms with Gasteiger partial charge < -0.3 is 4.90 Å². The number of nitrogens with zero attached hydrogens (tertiary/aromatic N) is 5. The van der Waals surface area contributed by atoms with E-state index in [2.05, 4.69) is 10.2 Å². The second-order valence-corrected chi connectivity index (χ2v) is 6.94. The van der Waals surface area contributed by atoms with Crippen LogP contribution in [0.4, 0.5) is 4.39 Å². The largest absolute Gasteiger partial charge is 0.303 e. The van der Waals surface area contributed by atoms with Crippen LogP contribution in [-0.4, -0.2) is 50.8 Å². The first-order valence-electron chi connectivity index (χ1n) is 8.02. The van der Waals surface area contributed by atoms with Crippen molar-refractivity contribution in [2.24, 2.45) is 7.05 Å². The molecular formula is C17H19ClFN5. The van der Waals surface area contributed by atoms with Gasteiger partial charge in [-0.25, -0.2) is 9.07 Å². The molecule has 0 saturated carbocycles. The fraction of sp³-hybridized carbons (Fsp3) is 0.412. The molecule has 0 radical (unpaired) electrons. The highest BCUT2D eigenvalue weighted by Gasteiger charge is 2.30. The number of aryl methyl sites for hydroxylation is 1. The number of fused-ring (bicyclic) bond motifs is 1. The molecule has 24 heavy (non-hydrogen) atoms. The van der Waals surface area contributed by atoms with E-state index in [0.29, 0.717) is 11.6 Å². The lowest BCUT2D eigenvalue weighted by Gasteiger charge is -2.33. The molecule has 2 atom stereocenters. The summed E-state index contributed by atoms with van der Waals surface area (Å²) >= 11 is 6.46. The Balaban J connectivity index is 1.80. The zero-order valence-electron chi connectivity index (χ0n) is 13.7. The van der Waals surface area contributed by atoms with Gasteiger partial charge in [0.1, 0.15) is 11.9 Å². The Labute approximate surface area is 144 Å². The van der Waals surface area contributed by atoms with Crippen molar-refractivity contribution in [1.82, 2.24) is 24.5 Å². The lowest BCUT2D eigenvalue weighted by molar-refractivity contribution is 0.139. The summed E-state index contributed by atoms with van der Waals surface area (Å²) in [5, 5.41) is 10.2. The molecule has 1 fully saturated rings. The standard InChI is InChI=1S/C17H19ClFN5/c1-22-4-3-13(16(19)10-22)14-6-17-11(5-15(14)18)7-21-24(17)12-8-20-23(2)9-12/h5-9,13,16H,3-4,10H2,1-2H3/t13-,16-/m0/s1. The number of benzene rings is 1. The first kappa shape index (κ1) is 15.6. The molecule has 2 aromatic heterocycles. The number of hydrogen-bond donors (Lipinski definition) is 0. The Morgan fingerprint density at radius 3 is 2.75 bits per heavy atom. The predicted molar refractivity (Wildman–Crippen MR) is 92.6 cm³/mol. The Kier molecular flexibility index (Phi) is 3.81. The monoisotopic (exact) mass is 347 g/mol. The van der Waals surface area contributed by atoms with Gasteiger partial charge in [-0.2, -0.15) is 10.2 Å². The zero-order valence-corrected chi connectivity index (χ0v) is 14.4. The molecule has 1 saturated heterocycles. The van der Waals surface area contributed by atoms with Gasteiger partial charge in [0.2, 0.25) is 0 Å². The van der Waals surface area contributed by atoms with E-state index in [-0.39, 0.29) is 5.92 Å². The molecule has 0 amide bonds. The Hall–Kier alpha value is -1.92. The Morgan fingerprint density at radius 2 is 2.04 bits per heavy atom. The highest BCUT2D eigenvalue weighted by Crippen LogP contribution is 2.37. The van der Waals surface area contributed by atoms with E-state index in [1.807, 2.05) is 42.0 Å². The van der Waals surface area contributed by atoms with Crippen molar-refractivity contribution in [3.63, 3.8) is 0 Å². The van der Waals surface area contributed by atoms with Gasteiger partial charge in [-0.3, -0.25) is 4.68 Å². The van der Waals surface area contributed by atoms with Crippen molar-refractivity contribution in [3.8, 4) is 5.69 Å². The van der Waals surface area contributed by atoms with E-state index in [1.54, 1.807) is 17.1 Å². The summed E-state index contributed by atoms with van der Waals surface area (Å²) in [6.45, 7) is 1.32. The van der Waals surface area contributed by atoms with Crippen LogP contribution in [0.15, 0.2) is 30.7 Å². The molecule has 126 valence electrons. The van der Waals surface area contributed by atoms with Crippen molar-refractivity contribution in [2.45, 2.75) is 18.5 Å². The summed E-state index contributed by atoms with van der Waals surface area (Å²) in [4.78, 5) is 2.02. The summed E-state index contributed by atoms with van der Waals surface area (Å²) in [7, 11) is 3.81. The van der Waals surface area contributed by atoms with E-state index in [0.717, 1.165) is 35.1 Å². The van der Waals surface area contributed by atoms with Crippen molar-refractivity contribution < 1.29 is 4.39 Å². The van der Waals surface area contributed by atoms with Gasteiger partial charge in [0.15, 0.2) is 0 Å². The van der Waals surface area contributed by atoms with Crippen LogP contribution in [0, 0.1) is 0 Å². The molecule has 0 unspecified atom stereocenters. The van der Waals surface area contributed by atoms with E-state index in [1.165, 1.54) is 0 Å². The number of rotatable bonds is 2. The molecule has 4 rings (SSSR count). The van der Waals surface area contributed by atoms with Gasteiger partial charge in [0, 0.05) is 29.9 Å². The highest BCUT2D eigenvalue weighted by atomic mass is 35.5. The zero-order chi connectivity index (χ0) is 16.8. The van der Waals surface area contributed by atoms with Gasteiger partial charge in [0.25, 0.3) is 0 Å². The number of alkyl halides is 1. The lowest BCUT2D eigenvalue weighted by atomic mass is 9.87. The minimum atomic E-state index is -0.909. The van der Waals surface area contributed by atoms with Crippen molar-refractivity contribution >= 4 is 22.5 Å². The van der Waals surface area contributed by atoms with Crippen LogP contribution in [0.5, 0.6) is 0 Å². The molecule has 1 aliphatic heterocycles. The van der Waals surface area contributed by atoms with E-state index in [9.17, 15) is 4.39 Å². The van der Waals surface area contributed by atoms with Crippen LogP contribution < -0.4 is 0 Å². The summed E-state index contributed by atoms with van der Waals surface area (Å²) in [6.07, 6.45) is 5.29. The van der Waals surface area contributed by atoms with E-state index < -0.39 is 6.17 Å². The summed E-state index contributed by atoms with van der Waals surface area (Å²) in [5.74, 6) is -0.171. The first-order chi connectivity index (χ1) is 11.5. The average molecular weight is 348 g/mol. The van der Waals surface area contributed by atoms with Crippen LogP contribution in [-0.2, 0) is 7.05 Å². The van der Waals surface area contributed by atoms with E-state index >= 15 is 0 Å². The molecule has 1 aliphatic rings. The van der Waals surface area contributed by atoms with E-state index in [4.69, 9.17) is 11.6 Å². The molecule has 0 aliphatic carbocycles. The second kappa shape index (κ2) is 5.86. The number of likely N-dealkylation sites (tertiary alicyclic amines) is 1. The molecule has 5 nitrogen and oxygen atoms in total. The van der Waals surface area contributed by atoms with Crippen LogP contribution in [0.25, 0.3) is 16.6 Å². The Morgan fingerprint density at radius 1 is 1.21 bits per heavy atom. The topological polar surface area (TPSA) is 38.9 Å². The molecule has 3 heterocycles. The van der Waals surface area contributed by atoms with Gasteiger partial charge in [-0.1, -0.05) is 11.6 Å². The summed E-state index contributed by atoms with van der Waals surface area (Å²) < 4.78 is 18.1. The Bertz CT molecular complexity index is 886. The van der Waals surface area contributed by atoms with Gasteiger partial charge in [-0.15, -0.1) is 0 Å². The predicted octanol–water partition coefficient (Wildman–Crippen LogP) is 3.17. The smallest absolute Gasteiger partial charge is 0.120 e. The summed E-state index contributed by atoms with van der Waals surface area (Å²) in [5.41, 5.74) is 2.67. The maximum Gasteiger partial charge on any atom is 0.120 e. The molecule has 1 aromatic carbocycles. The number of hydrogen-bond acceptors (Lipinski definition) is 3. The number of aromatic nitrogens is 4. The fourth-order valence-corrected chi connectivity index (χ4v) is 3.79. The van der Waals surface area contributed by atoms with Crippen LogP contribution >= 0.6 is 11.6 Å². The fourth-order valence-electron chi connectivity index (χ4n) is 3.48. The normalized spacial score (nSPS) is 22.3. The third-order valence-corrected chi connectivity index (χ3v) is 5.09. The van der Waals surface area contributed by atoms with Crippen LogP contribution in [0.3, 0.4) is 0 Å². The lowest BCUT2D eigenvalue weighted by Crippen LogP contribution is -2.38. The number of halogens is 2. The maximum absolute atomic E-state index is 14.6. The SMILES string of the molecule is CN1CC[C@@H](c2cc3c(cnn3-c3cnn(C)c3)cc2Cl)[C@@H](F)C1. The van der Waals surface area contributed by atoms with Gasteiger partial charge >= 0.3 is 0 Å². The molecule has 0 spiro atoms. The average Bonchev–Trinajstić information content (AvgIpc) is 3.12. The molecule has 3 aromatic rings. The molecular weight excluding hydrogens is 329 g/mol. The minimum absolute atomic E-state index is 0.171. The quantitative estimate of drug-likeness (QED) is 0.714. The third kappa shape index (κ3) is 2.59. The van der Waals surface area contributed by atoms with Crippen LogP contribution in [0.2, 0.25) is 5.02 Å². The first-order valence-corrected chi connectivity index (χ1v) is 8.39. The summed E-state index contributed by atoms with van der Waals surface area (Å²) in [6, 6.07) is 3.87. The van der Waals surface area contributed by atoms with Crippen LogP contribution in [0.1, 0.15) is 17.9 Å². The van der Waals surface area contributed by atoms with Gasteiger partial charge in [-0.05, 0) is 37.7 Å². The molecule has 7 heteroatoms. The highest BCUT2D eigenvalue weighted by molar-refractivity contribution is 6.32. The van der Waals surface area contributed by atoms with Gasteiger partial charge in [0.05, 0.1) is 24.1 Å². The van der Waals surface area contributed by atoms with Crippen molar-refractivity contribution in [3.05, 3.63) is 41.3 Å². The van der Waals surface area contributed by atoms with Crippen molar-refractivity contribution in [2.75, 3.05) is 20.1 Å². The maximum atomic E-state index is 14.6. The molecule has 0 N–H and O–H groups in total. The third-order valence-electron chi connectivity index (χ3n) is 4.77. The minimum Gasteiger partial charge on any atom is -0.303 e. The second-order valence-electron chi connectivity index (χ2n) is 6.53.